The minimum absolute atomic E-state index is 0.0519. The summed E-state index contributed by atoms with van der Waals surface area (Å²) in [5.41, 5.74) is 1.72. The van der Waals surface area contributed by atoms with Crippen molar-refractivity contribution in [3.8, 4) is 5.75 Å². The van der Waals surface area contributed by atoms with E-state index in [2.05, 4.69) is 10.6 Å². The summed E-state index contributed by atoms with van der Waals surface area (Å²) in [7, 11) is 0. The van der Waals surface area contributed by atoms with E-state index in [4.69, 9.17) is 14.2 Å². The molecule has 2 fully saturated rings. The predicted molar refractivity (Wildman–Crippen MR) is 108 cm³/mol. The molecule has 3 heterocycles. The highest BCUT2D eigenvalue weighted by Crippen LogP contribution is 2.33. The number of likely N-dealkylation sites (tertiary alicyclic amines) is 1. The van der Waals surface area contributed by atoms with Crippen LogP contribution in [-0.2, 0) is 16.0 Å². The fourth-order valence-corrected chi connectivity index (χ4v) is 4.12. The van der Waals surface area contributed by atoms with Crippen LogP contribution in [0.15, 0.2) is 36.4 Å². The van der Waals surface area contributed by atoms with Gasteiger partial charge in [0, 0.05) is 37.9 Å². The molecule has 1 spiro atoms. The molecule has 2 saturated heterocycles. The Hall–Kier alpha value is -2.31. The maximum Gasteiger partial charge on any atom is 0.270 e. The number of amides is 1. The second kappa shape index (κ2) is 7.97. The molecule has 0 aliphatic carbocycles. The average Bonchev–Trinajstić information content (AvgIpc) is 3.32. The maximum atomic E-state index is 13.4. The van der Waals surface area contributed by atoms with E-state index in [1.54, 1.807) is 0 Å². The lowest BCUT2D eigenvalue weighted by Crippen LogP contribution is -2.47. The molecule has 1 aromatic carbocycles. The number of fused-ring (bicyclic) bond motifs is 1. The van der Waals surface area contributed by atoms with Crippen LogP contribution < -0.4 is 4.74 Å². The summed E-state index contributed by atoms with van der Waals surface area (Å²) >= 11 is 0. The van der Waals surface area contributed by atoms with Crippen LogP contribution in [0.3, 0.4) is 0 Å². The summed E-state index contributed by atoms with van der Waals surface area (Å²) in [6, 6.07) is 7.95. The van der Waals surface area contributed by atoms with Crippen LogP contribution in [0.4, 0.5) is 0 Å². The number of hydrogen-bond donors (Lipinski definition) is 0. The van der Waals surface area contributed by atoms with Crippen molar-refractivity contribution in [3.05, 3.63) is 42.1 Å². The van der Waals surface area contributed by atoms with Gasteiger partial charge in [-0.2, -0.15) is 0 Å². The van der Waals surface area contributed by atoms with E-state index >= 15 is 0 Å². The van der Waals surface area contributed by atoms with Gasteiger partial charge in [-0.1, -0.05) is 18.2 Å². The second-order valence-corrected chi connectivity index (χ2v) is 7.23. The van der Waals surface area contributed by atoms with Gasteiger partial charge in [0.05, 0.1) is 25.3 Å². The number of allylic oxidation sites excluding steroid dienone is 2. The zero-order valence-electron chi connectivity index (χ0n) is 16.6. The fourth-order valence-electron chi connectivity index (χ4n) is 4.12. The molecule has 4 rings (SSSR count). The molecule has 0 bridgehead atoms. The summed E-state index contributed by atoms with van der Waals surface area (Å²) in [4.78, 5) is 15.3. The van der Waals surface area contributed by atoms with E-state index in [9.17, 15) is 4.79 Å². The lowest BCUT2D eigenvalue weighted by molar-refractivity contribution is -0.181. The van der Waals surface area contributed by atoms with Crippen molar-refractivity contribution in [2.24, 2.45) is 0 Å². The highest BCUT2D eigenvalue weighted by Gasteiger charge is 2.41. The first-order valence-corrected chi connectivity index (χ1v) is 10.1. The van der Waals surface area contributed by atoms with Gasteiger partial charge in [-0.3, -0.25) is 4.79 Å². The van der Waals surface area contributed by atoms with E-state index in [1.807, 2.05) is 49.1 Å². The van der Waals surface area contributed by atoms with Crippen LogP contribution in [0, 0.1) is 0 Å². The normalized spacial score (nSPS) is 19.1. The van der Waals surface area contributed by atoms with Crippen molar-refractivity contribution in [2.45, 2.75) is 39.0 Å². The zero-order valence-corrected chi connectivity index (χ0v) is 16.6. The lowest BCUT2D eigenvalue weighted by atomic mass is 10.0. The molecule has 28 heavy (non-hydrogen) atoms. The minimum Gasteiger partial charge on any atom is -0.493 e. The Morgan fingerprint density at radius 2 is 2.00 bits per heavy atom. The molecule has 0 atom stereocenters. The molecule has 0 saturated carbocycles. The number of ether oxygens (including phenoxy) is 3. The Morgan fingerprint density at radius 3 is 2.68 bits per heavy atom. The van der Waals surface area contributed by atoms with Crippen LogP contribution >= 0.6 is 0 Å². The first-order chi connectivity index (χ1) is 13.7. The number of nitrogens with zero attached hydrogens (tertiary/aromatic N) is 2. The van der Waals surface area contributed by atoms with Crippen LogP contribution in [0.5, 0.6) is 5.75 Å². The molecule has 2 aliphatic rings. The molecule has 6 nitrogen and oxygen atoms in total. The number of benzene rings is 1. The highest BCUT2D eigenvalue weighted by atomic mass is 16.7. The first-order valence-electron chi connectivity index (χ1n) is 10.1. The number of piperidine rings is 1. The van der Waals surface area contributed by atoms with Gasteiger partial charge in [-0.15, -0.1) is 0 Å². The van der Waals surface area contributed by atoms with Gasteiger partial charge in [0.15, 0.2) is 5.79 Å². The summed E-state index contributed by atoms with van der Waals surface area (Å²) in [5, 5.41) is 0.980. The van der Waals surface area contributed by atoms with Crippen molar-refractivity contribution < 1.29 is 19.0 Å². The maximum absolute atomic E-state index is 13.4. The van der Waals surface area contributed by atoms with Gasteiger partial charge < -0.3 is 23.7 Å². The van der Waals surface area contributed by atoms with Gasteiger partial charge in [0.2, 0.25) is 0 Å². The molecular formula is C22H28N2O4. The van der Waals surface area contributed by atoms with E-state index < -0.39 is 5.79 Å². The molecule has 2 aromatic rings. The van der Waals surface area contributed by atoms with Crippen molar-refractivity contribution in [3.63, 3.8) is 0 Å². The van der Waals surface area contributed by atoms with Crippen molar-refractivity contribution in [1.82, 2.24) is 9.47 Å². The van der Waals surface area contributed by atoms with Gasteiger partial charge in [-0.05, 0) is 32.0 Å². The molecular weight excluding hydrogens is 356 g/mol. The number of aromatic nitrogens is 1. The Bertz CT molecular complexity index is 870. The predicted octanol–water partition coefficient (Wildman–Crippen LogP) is 3.60. The molecule has 1 aromatic heterocycles. The molecule has 0 radical (unpaired) electrons. The van der Waals surface area contributed by atoms with Crippen molar-refractivity contribution in [1.29, 1.82) is 0 Å². The Morgan fingerprint density at radius 1 is 1.25 bits per heavy atom. The molecule has 0 unspecified atom stereocenters. The third-order valence-corrected chi connectivity index (χ3v) is 5.57. The third-order valence-electron chi connectivity index (χ3n) is 5.57. The molecule has 150 valence electrons. The van der Waals surface area contributed by atoms with Gasteiger partial charge in [0.1, 0.15) is 11.4 Å². The molecule has 6 heteroatoms. The molecule has 0 N–H and O–H groups in total. The Labute approximate surface area is 165 Å². The third kappa shape index (κ3) is 3.42. The highest BCUT2D eigenvalue weighted by molar-refractivity contribution is 6.00. The molecule has 1 amide bonds. The van der Waals surface area contributed by atoms with Crippen LogP contribution in [-0.4, -0.2) is 54.1 Å². The lowest BCUT2D eigenvalue weighted by Gasteiger charge is -2.37. The monoisotopic (exact) mass is 384 g/mol. The smallest absolute Gasteiger partial charge is 0.270 e. The topological polar surface area (TPSA) is 52.9 Å². The van der Waals surface area contributed by atoms with Gasteiger partial charge >= 0.3 is 0 Å². The molecule has 2 aliphatic heterocycles. The van der Waals surface area contributed by atoms with Gasteiger partial charge in [-0.25, -0.2) is 0 Å². The van der Waals surface area contributed by atoms with E-state index in [0.29, 0.717) is 45.1 Å². The SMILES string of the molecule is C/C=C\Cn1c(C(=O)N2CCC3(CC2)OCCO3)cc2c(OCC)cccc21. The second-order valence-electron chi connectivity index (χ2n) is 7.23. The van der Waals surface area contributed by atoms with E-state index in [0.717, 1.165) is 29.5 Å². The van der Waals surface area contributed by atoms with Crippen LogP contribution in [0.1, 0.15) is 37.2 Å². The van der Waals surface area contributed by atoms with Crippen LogP contribution in [0.25, 0.3) is 10.9 Å². The summed E-state index contributed by atoms with van der Waals surface area (Å²) in [6.45, 7) is 7.78. The Balaban J connectivity index is 1.64. The summed E-state index contributed by atoms with van der Waals surface area (Å²) in [6.07, 6.45) is 5.51. The number of carbonyl (C=O) groups excluding carboxylic acids is 1. The standard InChI is InChI=1S/C22H28N2O4/c1-3-5-11-24-18-7-6-8-20(26-4-2)17(18)16-19(24)21(25)23-12-9-22(10-13-23)27-14-15-28-22/h3,5-8,16H,4,9-15H2,1-2H3/b5-3-. The number of carbonyl (C=O) groups is 1. The Kier molecular flexibility index (Phi) is 5.42. The average molecular weight is 384 g/mol. The number of hydrogen-bond acceptors (Lipinski definition) is 4. The summed E-state index contributed by atoms with van der Waals surface area (Å²) in [5.74, 6) is 0.394. The fraction of sp³-hybridized carbons (Fsp3) is 0.500. The van der Waals surface area contributed by atoms with Crippen LogP contribution in [0.2, 0.25) is 0 Å². The van der Waals surface area contributed by atoms with Crippen molar-refractivity contribution >= 4 is 16.8 Å². The van der Waals surface area contributed by atoms with E-state index in [1.165, 1.54) is 0 Å². The zero-order chi connectivity index (χ0) is 19.6. The quantitative estimate of drug-likeness (QED) is 0.739. The van der Waals surface area contributed by atoms with Gasteiger partial charge in [0.25, 0.3) is 5.91 Å². The first kappa shape index (κ1) is 19.0. The van der Waals surface area contributed by atoms with E-state index in [-0.39, 0.29) is 5.91 Å². The summed E-state index contributed by atoms with van der Waals surface area (Å²) < 4.78 is 19.5. The number of rotatable bonds is 5. The minimum atomic E-state index is -0.476. The van der Waals surface area contributed by atoms with Crippen molar-refractivity contribution in [2.75, 3.05) is 32.9 Å². The largest absolute Gasteiger partial charge is 0.493 e.